The molecule has 27 heavy (non-hydrogen) atoms. The lowest BCUT2D eigenvalue weighted by molar-refractivity contribution is 0.101. The summed E-state index contributed by atoms with van der Waals surface area (Å²) in [6, 6.07) is 14.7. The van der Waals surface area contributed by atoms with Gasteiger partial charge in [0.15, 0.2) is 5.13 Å². The Balaban J connectivity index is 1.54. The smallest absolute Gasteiger partial charge is 0.275 e. The summed E-state index contributed by atoms with van der Waals surface area (Å²) in [5, 5.41) is 10.3. The number of rotatable bonds is 4. The van der Waals surface area contributed by atoms with Crippen LogP contribution < -0.4 is 5.32 Å². The Morgan fingerprint density at radius 3 is 2.67 bits per heavy atom. The van der Waals surface area contributed by atoms with Crippen LogP contribution in [0.3, 0.4) is 0 Å². The number of nitrogens with one attached hydrogen (secondary N) is 1. The molecule has 6 nitrogen and oxygen atoms in total. The van der Waals surface area contributed by atoms with E-state index >= 15 is 0 Å². The molecule has 1 amide bonds. The van der Waals surface area contributed by atoms with E-state index in [1.54, 1.807) is 36.1 Å². The van der Waals surface area contributed by atoms with Crippen LogP contribution >= 0.6 is 22.9 Å². The summed E-state index contributed by atoms with van der Waals surface area (Å²) in [6.45, 7) is 0. The summed E-state index contributed by atoms with van der Waals surface area (Å²) in [5.74, 6) is -0.271. The fourth-order valence-electron chi connectivity index (χ4n) is 2.57. The predicted octanol–water partition coefficient (Wildman–Crippen LogP) is 4.51. The molecule has 1 N–H and O–H groups in total. The molecule has 3 aromatic heterocycles. The van der Waals surface area contributed by atoms with Crippen LogP contribution in [0.25, 0.3) is 22.6 Å². The van der Waals surface area contributed by atoms with Crippen LogP contribution in [0.15, 0.2) is 60.1 Å². The number of amides is 1. The molecular weight excluding hydrogens is 382 g/mol. The van der Waals surface area contributed by atoms with Crippen LogP contribution in [0, 0.1) is 0 Å². The van der Waals surface area contributed by atoms with Gasteiger partial charge in [-0.2, -0.15) is 5.10 Å². The van der Waals surface area contributed by atoms with E-state index in [1.165, 1.54) is 11.3 Å². The molecule has 0 bridgehead atoms. The predicted molar refractivity (Wildman–Crippen MR) is 107 cm³/mol. The Labute approximate surface area is 164 Å². The quantitative estimate of drug-likeness (QED) is 0.551. The number of nitrogens with zero attached hydrogens (tertiary/aromatic N) is 4. The highest BCUT2D eigenvalue weighted by Gasteiger charge is 2.16. The molecule has 134 valence electrons. The van der Waals surface area contributed by atoms with Gasteiger partial charge in [0.1, 0.15) is 11.4 Å². The molecule has 1 aromatic carbocycles. The van der Waals surface area contributed by atoms with Crippen molar-refractivity contribution >= 4 is 34.0 Å². The summed E-state index contributed by atoms with van der Waals surface area (Å²) in [7, 11) is 1.73. The largest absolute Gasteiger partial charge is 0.296 e. The Hall–Kier alpha value is -3.03. The van der Waals surface area contributed by atoms with E-state index in [1.807, 2.05) is 35.7 Å². The summed E-state index contributed by atoms with van der Waals surface area (Å²) in [6.07, 6.45) is 1.71. The summed E-state index contributed by atoms with van der Waals surface area (Å²) in [5.41, 5.74) is 3.52. The third kappa shape index (κ3) is 3.74. The fraction of sp³-hybridized carbons (Fsp3) is 0.0526. The van der Waals surface area contributed by atoms with Crippen molar-refractivity contribution in [3.8, 4) is 22.6 Å². The lowest BCUT2D eigenvalue weighted by atomic mass is 10.1. The van der Waals surface area contributed by atoms with Gasteiger partial charge in [0, 0.05) is 29.2 Å². The Kier molecular flexibility index (Phi) is 4.70. The first-order valence-electron chi connectivity index (χ1n) is 8.08. The highest BCUT2D eigenvalue weighted by atomic mass is 35.5. The van der Waals surface area contributed by atoms with Crippen LogP contribution in [0.4, 0.5) is 5.13 Å². The summed E-state index contributed by atoms with van der Waals surface area (Å²) >= 11 is 7.27. The number of hydrogen-bond acceptors (Lipinski definition) is 5. The van der Waals surface area contributed by atoms with Crippen LogP contribution in [0.5, 0.6) is 0 Å². The summed E-state index contributed by atoms with van der Waals surface area (Å²) < 4.78 is 1.55. The van der Waals surface area contributed by atoms with Gasteiger partial charge >= 0.3 is 0 Å². The zero-order valence-electron chi connectivity index (χ0n) is 14.3. The van der Waals surface area contributed by atoms with Crippen molar-refractivity contribution in [2.75, 3.05) is 5.32 Å². The second-order valence-corrected chi connectivity index (χ2v) is 7.05. The van der Waals surface area contributed by atoms with Crippen LogP contribution in [0.1, 0.15) is 10.5 Å². The zero-order chi connectivity index (χ0) is 18.8. The van der Waals surface area contributed by atoms with Gasteiger partial charge in [-0.05, 0) is 30.3 Å². The van der Waals surface area contributed by atoms with E-state index in [0.29, 0.717) is 21.5 Å². The number of aromatic nitrogens is 4. The first-order chi connectivity index (χ1) is 13.1. The van der Waals surface area contributed by atoms with Crippen molar-refractivity contribution in [1.29, 1.82) is 0 Å². The number of anilines is 1. The highest BCUT2D eigenvalue weighted by molar-refractivity contribution is 7.14. The maximum absolute atomic E-state index is 12.6. The van der Waals surface area contributed by atoms with Crippen molar-refractivity contribution in [2.45, 2.75) is 0 Å². The van der Waals surface area contributed by atoms with Crippen LogP contribution in [-0.4, -0.2) is 25.7 Å². The van der Waals surface area contributed by atoms with E-state index in [9.17, 15) is 4.79 Å². The van der Waals surface area contributed by atoms with E-state index in [2.05, 4.69) is 20.4 Å². The molecule has 0 radical (unpaired) electrons. The minimum Gasteiger partial charge on any atom is -0.296 e. The number of halogens is 1. The number of thiazole rings is 1. The second kappa shape index (κ2) is 7.30. The third-order valence-corrected chi connectivity index (χ3v) is 4.91. The first-order valence-corrected chi connectivity index (χ1v) is 9.34. The Morgan fingerprint density at radius 1 is 1.11 bits per heavy atom. The van der Waals surface area contributed by atoms with Crippen LogP contribution in [0.2, 0.25) is 5.02 Å². The topological polar surface area (TPSA) is 72.7 Å². The molecule has 0 aliphatic heterocycles. The number of aryl methyl sites for hydroxylation is 1. The van der Waals surface area contributed by atoms with Gasteiger partial charge in [-0.25, -0.2) is 4.98 Å². The van der Waals surface area contributed by atoms with Gasteiger partial charge < -0.3 is 0 Å². The molecule has 0 spiro atoms. The normalized spacial score (nSPS) is 10.7. The number of carbonyl (C=O) groups is 1. The van der Waals surface area contributed by atoms with Crippen molar-refractivity contribution in [3.05, 3.63) is 70.8 Å². The van der Waals surface area contributed by atoms with Crippen LogP contribution in [-0.2, 0) is 7.05 Å². The fourth-order valence-corrected chi connectivity index (χ4v) is 3.39. The summed E-state index contributed by atoms with van der Waals surface area (Å²) in [4.78, 5) is 21.3. The molecule has 4 rings (SSSR count). The molecule has 0 aliphatic rings. The molecule has 0 atom stereocenters. The van der Waals surface area contributed by atoms with Gasteiger partial charge in [0.05, 0.1) is 11.4 Å². The molecular formula is C19H14ClN5OS. The van der Waals surface area contributed by atoms with E-state index < -0.39 is 0 Å². The molecule has 4 aromatic rings. The average Bonchev–Trinajstić information content (AvgIpc) is 3.30. The van der Waals surface area contributed by atoms with Crippen molar-refractivity contribution in [1.82, 2.24) is 19.7 Å². The maximum atomic E-state index is 12.6. The monoisotopic (exact) mass is 395 g/mol. The Morgan fingerprint density at radius 2 is 1.93 bits per heavy atom. The zero-order valence-corrected chi connectivity index (χ0v) is 15.8. The van der Waals surface area contributed by atoms with Crippen molar-refractivity contribution in [3.63, 3.8) is 0 Å². The molecule has 0 aliphatic carbocycles. The molecule has 0 unspecified atom stereocenters. The van der Waals surface area contributed by atoms with E-state index in [4.69, 9.17) is 11.6 Å². The lowest BCUT2D eigenvalue weighted by Gasteiger charge is -2.01. The minimum atomic E-state index is -0.271. The van der Waals surface area contributed by atoms with Gasteiger partial charge in [-0.1, -0.05) is 29.8 Å². The van der Waals surface area contributed by atoms with Gasteiger partial charge in [-0.15, -0.1) is 11.3 Å². The van der Waals surface area contributed by atoms with E-state index in [0.717, 1.165) is 17.0 Å². The number of pyridine rings is 1. The first kappa shape index (κ1) is 17.4. The van der Waals surface area contributed by atoms with Gasteiger partial charge in [-0.3, -0.25) is 19.8 Å². The molecule has 0 saturated heterocycles. The van der Waals surface area contributed by atoms with Crippen molar-refractivity contribution in [2.24, 2.45) is 7.05 Å². The maximum Gasteiger partial charge on any atom is 0.275 e. The van der Waals surface area contributed by atoms with E-state index in [-0.39, 0.29) is 5.91 Å². The van der Waals surface area contributed by atoms with Crippen molar-refractivity contribution < 1.29 is 4.79 Å². The second-order valence-electron chi connectivity index (χ2n) is 5.75. The Bertz CT molecular complexity index is 1090. The van der Waals surface area contributed by atoms with Gasteiger partial charge in [0.25, 0.3) is 5.91 Å². The number of benzene rings is 1. The number of carbonyl (C=O) groups excluding carboxylic acids is 1. The molecule has 0 saturated carbocycles. The molecule has 8 heteroatoms. The minimum absolute atomic E-state index is 0.271. The lowest BCUT2D eigenvalue weighted by Crippen LogP contribution is -2.15. The third-order valence-electron chi connectivity index (χ3n) is 3.90. The molecule has 0 fully saturated rings. The SMILES string of the molecule is Cn1nc(-c2ccc(Cl)cc2)cc1C(=O)Nc1nc(-c2ccccn2)cs1. The van der Waals surface area contributed by atoms with Gasteiger partial charge in [0.2, 0.25) is 0 Å². The molecule has 3 heterocycles. The highest BCUT2D eigenvalue weighted by Crippen LogP contribution is 2.25. The standard InChI is InChI=1S/C19H14ClN5OS/c1-25-17(10-15(24-25)12-5-7-13(20)8-6-12)18(26)23-19-22-16(11-27-19)14-4-2-3-9-21-14/h2-11H,1H3,(H,22,23,26). The average molecular weight is 396 g/mol. The number of hydrogen-bond donors (Lipinski definition) is 1.